The van der Waals surface area contributed by atoms with E-state index in [9.17, 15) is 0 Å². The highest BCUT2D eigenvalue weighted by molar-refractivity contribution is 9.09. The average Bonchev–Trinajstić information content (AvgIpc) is 2.55. The zero-order valence-corrected chi connectivity index (χ0v) is 12.5. The van der Waals surface area contributed by atoms with Gasteiger partial charge >= 0.3 is 0 Å². The van der Waals surface area contributed by atoms with E-state index in [2.05, 4.69) is 41.9 Å². The summed E-state index contributed by atoms with van der Waals surface area (Å²) in [5.74, 6) is 2.90. The van der Waals surface area contributed by atoms with E-state index < -0.39 is 0 Å². The monoisotopic (exact) mass is 310 g/mol. The second-order valence-electron chi connectivity index (χ2n) is 5.60. The van der Waals surface area contributed by atoms with Crippen LogP contribution in [0.3, 0.4) is 0 Å². The summed E-state index contributed by atoms with van der Waals surface area (Å²) in [6.45, 7) is 5.94. The van der Waals surface area contributed by atoms with Gasteiger partial charge in [-0.15, -0.1) is 0 Å². The summed E-state index contributed by atoms with van der Waals surface area (Å²) in [6.07, 6.45) is 2.43. The zero-order chi connectivity index (χ0) is 12.7. The van der Waals surface area contributed by atoms with Gasteiger partial charge in [-0.25, -0.2) is 0 Å². The molecule has 3 unspecified atom stereocenters. The second-order valence-corrected chi connectivity index (χ2v) is 6.71. The molecule has 2 aliphatic rings. The van der Waals surface area contributed by atoms with Crippen molar-refractivity contribution in [1.29, 1.82) is 0 Å². The fourth-order valence-electron chi connectivity index (χ4n) is 2.73. The third-order valence-corrected chi connectivity index (χ3v) is 4.87. The van der Waals surface area contributed by atoms with Crippen molar-refractivity contribution in [3.63, 3.8) is 0 Å². The maximum absolute atomic E-state index is 5.87. The molecule has 0 spiro atoms. The maximum atomic E-state index is 5.87. The number of fused-ring (bicyclic) bond motifs is 2. The molecule has 0 fully saturated rings. The Morgan fingerprint density at radius 2 is 1.61 bits per heavy atom. The van der Waals surface area contributed by atoms with Crippen molar-refractivity contribution in [3.05, 3.63) is 23.3 Å². The number of ether oxygens (including phenoxy) is 2. The standard InChI is InChI=1S/C15H19BrO2/c1-9-7-17-14-5-11-10(2)3-4-13(16)12(11)6-15(14)18-8-9/h5-6,9-10,13H,3-4,7-8H2,1-2H3. The van der Waals surface area contributed by atoms with E-state index in [1.54, 1.807) is 0 Å². The van der Waals surface area contributed by atoms with Gasteiger partial charge in [-0.3, -0.25) is 0 Å². The van der Waals surface area contributed by atoms with Crippen LogP contribution in [0.2, 0.25) is 0 Å². The van der Waals surface area contributed by atoms with Gasteiger partial charge in [0.2, 0.25) is 0 Å². The molecule has 98 valence electrons. The van der Waals surface area contributed by atoms with Crippen molar-refractivity contribution in [2.24, 2.45) is 5.92 Å². The summed E-state index contributed by atoms with van der Waals surface area (Å²) < 4.78 is 11.7. The molecule has 0 saturated heterocycles. The molecule has 0 saturated carbocycles. The highest BCUT2D eigenvalue weighted by atomic mass is 79.9. The minimum atomic E-state index is 0.451. The first-order valence-electron chi connectivity index (χ1n) is 6.72. The lowest BCUT2D eigenvalue weighted by atomic mass is 9.83. The highest BCUT2D eigenvalue weighted by Gasteiger charge is 2.26. The second kappa shape index (κ2) is 4.76. The van der Waals surface area contributed by atoms with Crippen LogP contribution in [0.25, 0.3) is 0 Å². The molecule has 1 aromatic carbocycles. The summed E-state index contributed by atoms with van der Waals surface area (Å²) in [6, 6.07) is 4.37. The molecular formula is C15H19BrO2. The van der Waals surface area contributed by atoms with Gasteiger partial charge in [0.05, 0.1) is 13.2 Å². The van der Waals surface area contributed by atoms with Crippen LogP contribution in [0.1, 0.15) is 48.6 Å². The van der Waals surface area contributed by atoms with Gasteiger partial charge in [-0.05, 0) is 42.0 Å². The lowest BCUT2D eigenvalue weighted by Crippen LogP contribution is -2.12. The number of benzene rings is 1. The van der Waals surface area contributed by atoms with Crippen molar-refractivity contribution in [1.82, 2.24) is 0 Å². The van der Waals surface area contributed by atoms with E-state index in [1.165, 1.54) is 24.0 Å². The van der Waals surface area contributed by atoms with Gasteiger partial charge in [0.25, 0.3) is 0 Å². The topological polar surface area (TPSA) is 18.5 Å². The van der Waals surface area contributed by atoms with Crippen LogP contribution in [0, 0.1) is 5.92 Å². The Morgan fingerprint density at radius 1 is 1.00 bits per heavy atom. The van der Waals surface area contributed by atoms with Crippen LogP contribution < -0.4 is 9.47 Å². The Labute approximate surface area is 117 Å². The van der Waals surface area contributed by atoms with Crippen LogP contribution >= 0.6 is 15.9 Å². The van der Waals surface area contributed by atoms with E-state index in [1.807, 2.05) is 0 Å². The Bertz CT molecular complexity index is 417. The minimum Gasteiger partial charge on any atom is -0.489 e. The lowest BCUT2D eigenvalue weighted by molar-refractivity contribution is 0.228. The Morgan fingerprint density at radius 3 is 2.28 bits per heavy atom. The molecule has 0 amide bonds. The molecule has 0 aromatic heterocycles. The Kier molecular flexibility index (Phi) is 3.27. The quantitative estimate of drug-likeness (QED) is 0.660. The Balaban J connectivity index is 2.04. The molecule has 1 aliphatic carbocycles. The molecule has 3 heteroatoms. The molecule has 0 N–H and O–H groups in total. The first-order chi connectivity index (χ1) is 8.65. The van der Waals surface area contributed by atoms with Crippen LogP contribution in [-0.2, 0) is 0 Å². The molecule has 1 aliphatic heterocycles. The third kappa shape index (κ3) is 2.13. The Hall–Kier alpha value is -0.700. The first-order valence-corrected chi connectivity index (χ1v) is 7.64. The largest absolute Gasteiger partial charge is 0.489 e. The van der Waals surface area contributed by atoms with Crippen LogP contribution in [0.4, 0.5) is 0 Å². The summed E-state index contributed by atoms with van der Waals surface area (Å²) >= 11 is 3.78. The molecule has 1 heterocycles. The molecule has 0 bridgehead atoms. The molecule has 18 heavy (non-hydrogen) atoms. The van der Waals surface area contributed by atoms with Gasteiger partial charge in [0, 0.05) is 10.7 Å². The average molecular weight is 311 g/mol. The smallest absolute Gasteiger partial charge is 0.161 e. The number of rotatable bonds is 0. The van der Waals surface area contributed by atoms with Crippen LogP contribution in [0.15, 0.2) is 12.1 Å². The number of hydrogen-bond acceptors (Lipinski definition) is 2. The van der Waals surface area contributed by atoms with E-state index in [-0.39, 0.29) is 0 Å². The first kappa shape index (κ1) is 12.3. The predicted molar refractivity (Wildman–Crippen MR) is 75.9 cm³/mol. The fraction of sp³-hybridized carbons (Fsp3) is 0.600. The van der Waals surface area contributed by atoms with Gasteiger partial charge < -0.3 is 9.47 Å². The van der Waals surface area contributed by atoms with Crippen LogP contribution in [0.5, 0.6) is 11.5 Å². The van der Waals surface area contributed by atoms with Crippen LogP contribution in [-0.4, -0.2) is 13.2 Å². The molecule has 1 aromatic rings. The number of hydrogen-bond donors (Lipinski definition) is 0. The summed E-state index contributed by atoms with van der Waals surface area (Å²) in [5, 5.41) is 0. The number of halogens is 1. The minimum absolute atomic E-state index is 0.451. The maximum Gasteiger partial charge on any atom is 0.161 e. The van der Waals surface area contributed by atoms with E-state index in [0.717, 1.165) is 24.7 Å². The van der Waals surface area contributed by atoms with Gasteiger partial charge in [0.1, 0.15) is 0 Å². The fourth-order valence-corrected chi connectivity index (χ4v) is 3.40. The molecule has 2 nitrogen and oxygen atoms in total. The predicted octanol–water partition coefficient (Wildman–Crippen LogP) is 4.43. The summed E-state index contributed by atoms with van der Waals surface area (Å²) in [7, 11) is 0. The van der Waals surface area contributed by atoms with E-state index >= 15 is 0 Å². The van der Waals surface area contributed by atoms with E-state index in [0.29, 0.717) is 16.7 Å². The lowest BCUT2D eigenvalue weighted by Gasteiger charge is -2.27. The zero-order valence-electron chi connectivity index (χ0n) is 10.9. The third-order valence-electron chi connectivity index (χ3n) is 3.92. The van der Waals surface area contributed by atoms with Crippen molar-refractivity contribution >= 4 is 15.9 Å². The highest BCUT2D eigenvalue weighted by Crippen LogP contribution is 2.46. The normalized spacial score (nSPS) is 30.5. The SMILES string of the molecule is CC1COc2cc3c(cc2OC1)C(Br)CCC3C. The van der Waals surface area contributed by atoms with Crippen molar-refractivity contribution in [2.75, 3.05) is 13.2 Å². The van der Waals surface area contributed by atoms with Gasteiger partial charge in [-0.1, -0.05) is 29.8 Å². The van der Waals surface area contributed by atoms with Gasteiger partial charge in [-0.2, -0.15) is 0 Å². The summed E-state index contributed by atoms with van der Waals surface area (Å²) in [5.41, 5.74) is 2.80. The molecule has 3 atom stereocenters. The van der Waals surface area contributed by atoms with Crippen molar-refractivity contribution in [3.8, 4) is 11.5 Å². The van der Waals surface area contributed by atoms with Crippen molar-refractivity contribution < 1.29 is 9.47 Å². The molecular weight excluding hydrogens is 292 g/mol. The van der Waals surface area contributed by atoms with Gasteiger partial charge in [0.15, 0.2) is 11.5 Å². The van der Waals surface area contributed by atoms with Crippen molar-refractivity contribution in [2.45, 2.75) is 37.4 Å². The summed E-state index contributed by atoms with van der Waals surface area (Å²) in [4.78, 5) is 0.457. The molecule has 3 rings (SSSR count). The van der Waals surface area contributed by atoms with E-state index in [4.69, 9.17) is 9.47 Å². The number of alkyl halides is 1. The molecule has 0 radical (unpaired) electrons.